The second-order valence-corrected chi connectivity index (χ2v) is 21.1. The number of pyridine rings is 1. The summed E-state index contributed by atoms with van der Waals surface area (Å²) in [5.74, 6) is 0.0734. The van der Waals surface area contributed by atoms with E-state index in [4.69, 9.17) is 22.3 Å². The molecule has 0 saturated carbocycles. The first-order valence-electron chi connectivity index (χ1n) is 27.8. The largest absolute Gasteiger partial charge is 0.507 e. The van der Waals surface area contributed by atoms with Crippen LogP contribution in [0.5, 0.6) is 5.75 Å². The highest BCUT2D eigenvalue weighted by molar-refractivity contribution is 5.98. The van der Waals surface area contributed by atoms with E-state index in [1.807, 2.05) is 93.7 Å². The molecule has 0 aliphatic carbocycles. The van der Waals surface area contributed by atoms with E-state index >= 15 is 0 Å². The predicted molar refractivity (Wildman–Crippen MR) is 288 cm³/mol. The molecule has 0 bridgehead atoms. The van der Waals surface area contributed by atoms with Crippen molar-refractivity contribution in [3.63, 3.8) is 0 Å². The predicted octanol–water partition coefficient (Wildman–Crippen LogP) is 17.3. The molecule has 342 valence electrons. The molecule has 2 heterocycles. The van der Waals surface area contributed by atoms with Crippen LogP contribution in [0.15, 0.2) is 170 Å². The number of hydrogen-bond donors (Lipinski definition) is 1. The van der Waals surface area contributed by atoms with E-state index in [1.54, 1.807) is 47.0 Å². The standard InChI is InChI=1S/C64H65N3O/c1-61(2,3)49-29-26-43(27-30-49)45-32-33-65-55(38-45)48-35-46(42-22-17-14-18-23-42)34-47(36-48)51-24-19-25-57-58(51)66-60(52-39-50(62(4,5)6)40-54(59(52)68)64(10,11)12)67(57)56-31-28-44(37-53(56)63(7,8)9)41-20-15-13-16-21-41/h13-40,68H,1-12H3/i7D3,8D3,9D3. The van der Waals surface area contributed by atoms with Crippen molar-refractivity contribution >= 4 is 11.0 Å². The number of aromatic nitrogens is 3. The number of hydrogen-bond acceptors (Lipinski definition) is 3. The average molecular weight is 901 g/mol. The number of fused-ring (bicyclic) bond motifs is 1. The van der Waals surface area contributed by atoms with E-state index in [-0.39, 0.29) is 22.7 Å². The monoisotopic (exact) mass is 901 g/mol. The minimum absolute atomic E-state index is 0.00497. The van der Waals surface area contributed by atoms with Crippen LogP contribution >= 0.6 is 0 Å². The molecule has 0 unspecified atom stereocenters. The summed E-state index contributed by atoms with van der Waals surface area (Å²) in [6, 6.07) is 52.1. The molecule has 2 aromatic heterocycles. The van der Waals surface area contributed by atoms with Crippen molar-refractivity contribution in [2.75, 3.05) is 0 Å². The third-order valence-corrected chi connectivity index (χ3v) is 12.9. The maximum absolute atomic E-state index is 12.7. The number of phenols is 1. The fourth-order valence-corrected chi connectivity index (χ4v) is 9.07. The number of benzene rings is 7. The molecule has 1 N–H and O–H groups in total. The summed E-state index contributed by atoms with van der Waals surface area (Å²) in [6.07, 6.45) is 1.81. The fourth-order valence-electron chi connectivity index (χ4n) is 9.07. The molecule has 0 atom stereocenters. The van der Waals surface area contributed by atoms with Crippen molar-refractivity contribution in [1.82, 2.24) is 14.5 Å². The molecule has 0 aliphatic heterocycles. The van der Waals surface area contributed by atoms with Crippen LogP contribution in [0, 0.1) is 0 Å². The van der Waals surface area contributed by atoms with E-state index in [1.165, 1.54) is 11.6 Å². The van der Waals surface area contributed by atoms with Gasteiger partial charge in [0.25, 0.3) is 0 Å². The molecule has 0 radical (unpaired) electrons. The summed E-state index contributed by atoms with van der Waals surface area (Å²) in [7, 11) is 0. The van der Waals surface area contributed by atoms with Gasteiger partial charge in [0.1, 0.15) is 11.6 Å². The molecule has 7 aromatic carbocycles. The van der Waals surface area contributed by atoms with Gasteiger partial charge < -0.3 is 5.11 Å². The molecule has 4 heteroatoms. The number of aromatic hydroxyl groups is 1. The lowest BCUT2D eigenvalue weighted by Crippen LogP contribution is -2.18. The van der Waals surface area contributed by atoms with Crippen molar-refractivity contribution in [3.05, 3.63) is 192 Å². The number of rotatable bonds is 7. The Bertz CT molecular complexity index is 3610. The van der Waals surface area contributed by atoms with Gasteiger partial charge in [-0.25, -0.2) is 4.98 Å². The molecule has 0 aliphatic rings. The first kappa shape index (κ1) is 36.1. The van der Waals surface area contributed by atoms with Gasteiger partial charge in [-0.1, -0.05) is 192 Å². The Morgan fingerprint density at radius 3 is 1.66 bits per heavy atom. The van der Waals surface area contributed by atoms with Gasteiger partial charge in [0.05, 0.1) is 28.0 Å². The fraction of sp³-hybridized carbons (Fsp3) is 0.250. The summed E-state index contributed by atoms with van der Waals surface area (Å²) >= 11 is 0. The summed E-state index contributed by atoms with van der Waals surface area (Å²) in [6.45, 7) is 7.95. The van der Waals surface area contributed by atoms with Crippen LogP contribution in [-0.2, 0) is 21.7 Å². The van der Waals surface area contributed by atoms with Crippen LogP contribution in [0.25, 0.3) is 83.9 Å². The zero-order valence-corrected chi connectivity index (χ0v) is 40.5. The van der Waals surface area contributed by atoms with Gasteiger partial charge in [0.2, 0.25) is 0 Å². The van der Waals surface area contributed by atoms with Gasteiger partial charge in [-0.2, -0.15) is 0 Å². The van der Waals surface area contributed by atoms with Crippen molar-refractivity contribution < 1.29 is 17.4 Å². The Balaban J connectivity index is 1.41. The summed E-state index contributed by atoms with van der Waals surface area (Å²) in [4.78, 5) is 10.4. The second-order valence-electron chi connectivity index (χ2n) is 21.1. The lowest BCUT2D eigenvalue weighted by molar-refractivity contribution is 0.446. The van der Waals surface area contributed by atoms with E-state index in [0.717, 1.165) is 44.6 Å². The summed E-state index contributed by atoms with van der Waals surface area (Å²) < 4.78 is 83.2. The molecule has 68 heavy (non-hydrogen) atoms. The Morgan fingerprint density at radius 1 is 0.441 bits per heavy atom. The zero-order chi connectivity index (χ0) is 55.8. The van der Waals surface area contributed by atoms with Crippen LogP contribution in [-0.4, -0.2) is 19.6 Å². The Morgan fingerprint density at radius 2 is 1.03 bits per heavy atom. The van der Waals surface area contributed by atoms with Crippen molar-refractivity contribution in [3.8, 4) is 78.6 Å². The van der Waals surface area contributed by atoms with Crippen LogP contribution in [0.1, 0.15) is 117 Å². The number of nitrogens with zero attached hydrogens (tertiary/aromatic N) is 3. The van der Waals surface area contributed by atoms with Crippen molar-refractivity contribution in [1.29, 1.82) is 0 Å². The number of para-hydroxylation sites is 1. The Labute approximate surface area is 417 Å². The van der Waals surface area contributed by atoms with E-state index in [9.17, 15) is 5.11 Å². The Hall–Kier alpha value is -7.04. The maximum atomic E-state index is 12.7. The molecular weight excluding hydrogens is 827 g/mol. The van der Waals surface area contributed by atoms with Gasteiger partial charge in [-0.15, -0.1) is 0 Å². The Kier molecular flexibility index (Phi) is 9.14. The van der Waals surface area contributed by atoms with Gasteiger partial charge in [-0.3, -0.25) is 9.55 Å². The quantitative estimate of drug-likeness (QED) is 0.173. The number of phenolic OH excluding ortho intramolecular Hbond substituents is 1. The van der Waals surface area contributed by atoms with Crippen LogP contribution in [0.4, 0.5) is 0 Å². The van der Waals surface area contributed by atoms with Gasteiger partial charge >= 0.3 is 0 Å². The summed E-state index contributed by atoms with van der Waals surface area (Å²) in [5, 5.41) is 12.7. The molecule has 0 saturated heterocycles. The second kappa shape index (κ2) is 17.2. The van der Waals surface area contributed by atoms with Gasteiger partial charge in [-0.05, 0) is 132 Å². The molecule has 4 nitrogen and oxygen atoms in total. The lowest BCUT2D eigenvalue weighted by Gasteiger charge is -2.28. The van der Waals surface area contributed by atoms with Crippen LogP contribution in [0.3, 0.4) is 0 Å². The average Bonchev–Trinajstić information content (AvgIpc) is 3.89. The normalized spacial score (nSPS) is 15.0. The highest BCUT2D eigenvalue weighted by atomic mass is 16.3. The molecule has 0 fully saturated rings. The topological polar surface area (TPSA) is 50.9 Å². The maximum Gasteiger partial charge on any atom is 0.149 e. The molecule has 9 rings (SSSR count). The smallest absolute Gasteiger partial charge is 0.149 e. The van der Waals surface area contributed by atoms with Crippen molar-refractivity contribution in [2.24, 2.45) is 0 Å². The van der Waals surface area contributed by atoms with E-state index in [0.29, 0.717) is 38.9 Å². The van der Waals surface area contributed by atoms with Crippen LogP contribution in [0.2, 0.25) is 0 Å². The zero-order valence-electron chi connectivity index (χ0n) is 49.5. The molecule has 0 spiro atoms. The van der Waals surface area contributed by atoms with Crippen molar-refractivity contribution in [2.45, 2.75) is 105 Å². The van der Waals surface area contributed by atoms with Crippen LogP contribution < -0.4 is 0 Å². The third kappa shape index (κ3) is 9.05. The molecule has 0 amide bonds. The first-order valence-corrected chi connectivity index (χ1v) is 23.3. The molecular formula is C64H65N3O. The van der Waals surface area contributed by atoms with Gasteiger partial charge in [0, 0.05) is 35.2 Å². The van der Waals surface area contributed by atoms with E-state index < -0.39 is 42.4 Å². The number of imidazole rings is 1. The molecule has 9 aromatic rings. The highest BCUT2D eigenvalue weighted by Crippen LogP contribution is 2.46. The highest BCUT2D eigenvalue weighted by Gasteiger charge is 2.30. The first-order chi connectivity index (χ1) is 35.9. The summed E-state index contributed by atoms with van der Waals surface area (Å²) in [5.41, 5.74) is 6.83. The SMILES string of the molecule is [2H]C([2H])([2H])C(c1cc(-c2ccccc2)ccc1-n1c(-c2cc(C(C)(C)C)cc(C(C)(C)C)c2O)nc2c(-c3cc(-c4ccccc4)cc(-c4cc(-c5ccc(C(C)(C)C)cc5)ccn4)c3)cccc21)(C([2H])([2H])[2H])C([2H])([2H])[2H]. The minimum atomic E-state index is -3.61. The lowest BCUT2D eigenvalue weighted by atomic mass is 9.78. The third-order valence-electron chi connectivity index (χ3n) is 12.9. The minimum Gasteiger partial charge on any atom is -0.507 e. The van der Waals surface area contributed by atoms with E-state index in [2.05, 4.69) is 90.1 Å². The van der Waals surface area contributed by atoms with Gasteiger partial charge in [0.15, 0.2) is 0 Å².